The van der Waals surface area contributed by atoms with E-state index in [1.807, 2.05) is 6.07 Å². The van der Waals surface area contributed by atoms with Crippen molar-refractivity contribution in [3.05, 3.63) is 29.8 Å². The van der Waals surface area contributed by atoms with E-state index in [1.165, 1.54) is 4.90 Å². The van der Waals surface area contributed by atoms with Crippen molar-refractivity contribution in [2.75, 3.05) is 25.5 Å². The van der Waals surface area contributed by atoms with Gasteiger partial charge < -0.3 is 10.2 Å². The van der Waals surface area contributed by atoms with Gasteiger partial charge in [-0.15, -0.1) is 0 Å². The molecule has 0 heterocycles. The molecule has 0 aliphatic heterocycles. The molecule has 0 aliphatic rings. The van der Waals surface area contributed by atoms with Gasteiger partial charge in [0.2, 0.25) is 5.91 Å². The van der Waals surface area contributed by atoms with Gasteiger partial charge in [0.15, 0.2) is 0 Å². The van der Waals surface area contributed by atoms with Crippen molar-refractivity contribution in [1.29, 1.82) is 5.26 Å². The third kappa shape index (κ3) is 6.25. The zero-order valence-corrected chi connectivity index (χ0v) is 11.3. The van der Waals surface area contributed by atoms with Crippen LogP contribution in [0.5, 0.6) is 0 Å². The van der Waals surface area contributed by atoms with E-state index in [1.54, 1.807) is 31.3 Å². The Labute approximate surface area is 117 Å². The highest BCUT2D eigenvalue weighted by Crippen LogP contribution is 2.10. The summed E-state index contributed by atoms with van der Waals surface area (Å²) >= 11 is 0. The van der Waals surface area contributed by atoms with Crippen LogP contribution in [0.2, 0.25) is 0 Å². The second kappa shape index (κ2) is 8.23. The summed E-state index contributed by atoms with van der Waals surface area (Å²) in [5.74, 6) is -0.189. The molecule has 1 N–H and O–H groups in total. The van der Waals surface area contributed by atoms with Crippen LogP contribution < -0.4 is 5.32 Å². The fourth-order valence-corrected chi connectivity index (χ4v) is 1.73. The SMILES string of the molecule is CN(CCCC(=O)Nc1cccc(C#N)c1)CC(F)F. The molecule has 108 valence electrons. The summed E-state index contributed by atoms with van der Waals surface area (Å²) in [4.78, 5) is 13.1. The molecular formula is C14H17F2N3O. The molecule has 0 saturated heterocycles. The van der Waals surface area contributed by atoms with Crippen LogP contribution in [-0.2, 0) is 4.79 Å². The third-order valence-electron chi connectivity index (χ3n) is 2.67. The van der Waals surface area contributed by atoms with E-state index in [0.29, 0.717) is 24.2 Å². The highest BCUT2D eigenvalue weighted by molar-refractivity contribution is 5.90. The van der Waals surface area contributed by atoms with Gasteiger partial charge in [-0.05, 0) is 38.2 Å². The molecule has 0 saturated carbocycles. The lowest BCUT2D eigenvalue weighted by Crippen LogP contribution is -2.26. The molecule has 0 unspecified atom stereocenters. The van der Waals surface area contributed by atoms with Gasteiger partial charge in [0, 0.05) is 12.1 Å². The number of carbonyl (C=O) groups excluding carboxylic acids is 1. The van der Waals surface area contributed by atoms with E-state index >= 15 is 0 Å². The predicted octanol–water partition coefficient (Wildman–Crippen LogP) is 2.47. The van der Waals surface area contributed by atoms with E-state index in [0.717, 1.165) is 0 Å². The van der Waals surface area contributed by atoms with Gasteiger partial charge in [0.1, 0.15) is 0 Å². The van der Waals surface area contributed by atoms with Crippen molar-refractivity contribution in [3.8, 4) is 6.07 Å². The van der Waals surface area contributed by atoms with Crippen molar-refractivity contribution >= 4 is 11.6 Å². The van der Waals surface area contributed by atoms with E-state index in [9.17, 15) is 13.6 Å². The largest absolute Gasteiger partial charge is 0.326 e. The number of hydrogen-bond acceptors (Lipinski definition) is 3. The molecule has 0 spiro atoms. The van der Waals surface area contributed by atoms with Crippen LogP contribution in [0.4, 0.5) is 14.5 Å². The molecule has 1 aromatic carbocycles. The van der Waals surface area contributed by atoms with E-state index in [2.05, 4.69) is 5.32 Å². The molecule has 0 fully saturated rings. The van der Waals surface area contributed by atoms with Crippen LogP contribution in [0.1, 0.15) is 18.4 Å². The Balaban J connectivity index is 2.31. The molecular weight excluding hydrogens is 264 g/mol. The van der Waals surface area contributed by atoms with Gasteiger partial charge in [-0.3, -0.25) is 4.79 Å². The number of benzene rings is 1. The normalized spacial score (nSPS) is 10.6. The first-order valence-corrected chi connectivity index (χ1v) is 6.28. The standard InChI is InChI=1S/C14H17F2N3O/c1-19(10-13(15)16)7-3-6-14(20)18-12-5-2-4-11(8-12)9-17/h2,4-5,8,13H,3,6-7,10H2,1H3,(H,18,20). The number of nitriles is 1. The lowest BCUT2D eigenvalue weighted by atomic mass is 10.2. The Hall–Kier alpha value is -2.00. The third-order valence-corrected chi connectivity index (χ3v) is 2.67. The number of rotatable bonds is 7. The summed E-state index contributed by atoms with van der Waals surface area (Å²) in [6, 6.07) is 8.60. The molecule has 1 amide bonds. The fraction of sp³-hybridized carbons (Fsp3) is 0.429. The average Bonchev–Trinajstić information content (AvgIpc) is 2.38. The van der Waals surface area contributed by atoms with Gasteiger partial charge in [0.25, 0.3) is 6.43 Å². The minimum absolute atomic E-state index is 0.189. The van der Waals surface area contributed by atoms with Gasteiger partial charge in [-0.25, -0.2) is 8.78 Å². The first kappa shape index (κ1) is 16.1. The number of nitrogens with zero attached hydrogens (tertiary/aromatic N) is 2. The molecule has 20 heavy (non-hydrogen) atoms. The van der Waals surface area contributed by atoms with Crippen LogP contribution in [0.25, 0.3) is 0 Å². The van der Waals surface area contributed by atoms with Crippen molar-refractivity contribution in [2.45, 2.75) is 19.3 Å². The first-order valence-electron chi connectivity index (χ1n) is 6.28. The minimum Gasteiger partial charge on any atom is -0.326 e. The highest BCUT2D eigenvalue weighted by Gasteiger charge is 2.08. The Kier molecular flexibility index (Phi) is 6.60. The summed E-state index contributed by atoms with van der Waals surface area (Å²) in [6.45, 7) is 0.155. The number of nitrogens with one attached hydrogen (secondary N) is 1. The highest BCUT2D eigenvalue weighted by atomic mass is 19.3. The zero-order chi connectivity index (χ0) is 15.0. The molecule has 0 bridgehead atoms. The minimum atomic E-state index is -2.36. The molecule has 0 aliphatic carbocycles. The smallest absolute Gasteiger partial charge is 0.251 e. The maximum absolute atomic E-state index is 12.1. The average molecular weight is 281 g/mol. The van der Waals surface area contributed by atoms with Crippen LogP contribution >= 0.6 is 0 Å². The number of anilines is 1. The lowest BCUT2D eigenvalue weighted by molar-refractivity contribution is -0.116. The Morgan fingerprint density at radius 3 is 2.90 bits per heavy atom. The molecule has 0 radical (unpaired) electrons. The number of halogens is 2. The quantitative estimate of drug-likeness (QED) is 0.835. The summed E-state index contributed by atoms with van der Waals surface area (Å²) in [5.41, 5.74) is 1.04. The van der Waals surface area contributed by atoms with Crippen molar-refractivity contribution in [3.63, 3.8) is 0 Å². The van der Waals surface area contributed by atoms with Gasteiger partial charge in [0.05, 0.1) is 18.2 Å². The van der Waals surface area contributed by atoms with E-state index in [4.69, 9.17) is 5.26 Å². The fourth-order valence-electron chi connectivity index (χ4n) is 1.73. The van der Waals surface area contributed by atoms with Crippen molar-refractivity contribution in [1.82, 2.24) is 4.90 Å². The Morgan fingerprint density at radius 2 is 2.25 bits per heavy atom. The predicted molar refractivity (Wildman–Crippen MR) is 72.5 cm³/mol. The van der Waals surface area contributed by atoms with Crippen LogP contribution in [0.3, 0.4) is 0 Å². The van der Waals surface area contributed by atoms with E-state index < -0.39 is 6.43 Å². The maximum Gasteiger partial charge on any atom is 0.251 e. The molecule has 4 nitrogen and oxygen atoms in total. The van der Waals surface area contributed by atoms with Crippen molar-refractivity contribution < 1.29 is 13.6 Å². The topological polar surface area (TPSA) is 56.1 Å². The summed E-state index contributed by atoms with van der Waals surface area (Å²) in [7, 11) is 1.60. The molecule has 1 aromatic rings. The molecule has 1 rings (SSSR count). The maximum atomic E-state index is 12.1. The zero-order valence-electron chi connectivity index (χ0n) is 11.3. The van der Waals surface area contributed by atoms with E-state index in [-0.39, 0.29) is 18.9 Å². The summed E-state index contributed by atoms with van der Waals surface area (Å²) < 4.78 is 24.2. The van der Waals surface area contributed by atoms with Gasteiger partial charge >= 0.3 is 0 Å². The molecule has 6 heteroatoms. The van der Waals surface area contributed by atoms with Crippen LogP contribution in [0.15, 0.2) is 24.3 Å². The number of hydrogen-bond donors (Lipinski definition) is 1. The number of alkyl halides is 2. The second-order valence-corrected chi connectivity index (χ2v) is 4.50. The van der Waals surface area contributed by atoms with Crippen LogP contribution in [0, 0.1) is 11.3 Å². The van der Waals surface area contributed by atoms with Gasteiger partial charge in [-0.1, -0.05) is 6.07 Å². The lowest BCUT2D eigenvalue weighted by Gasteiger charge is -2.15. The Bertz CT molecular complexity index is 486. The first-order chi connectivity index (χ1) is 9.51. The van der Waals surface area contributed by atoms with Crippen molar-refractivity contribution in [2.24, 2.45) is 0 Å². The number of amides is 1. The Morgan fingerprint density at radius 1 is 1.50 bits per heavy atom. The monoisotopic (exact) mass is 281 g/mol. The van der Waals surface area contributed by atoms with Gasteiger partial charge in [-0.2, -0.15) is 5.26 Å². The summed E-state index contributed by atoms with van der Waals surface area (Å²) in [5, 5.41) is 11.4. The second-order valence-electron chi connectivity index (χ2n) is 4.50. The molecule has 0 atom stereocenters. The van der Waals surface area contributed by atoms with Crippen LogP contribution in [-0.4, -0.2) is 37.4 Å². The number of carbonyl (C=O) groups is 1. The molecule has 0 aromatic heterocycles. The summed E-state index contributed by atoms with van der Waals surface area (Å²) in [6.07, 6.45) is -1.60.